The molecule has 0 amide bonds. The second-order valence-electron chi connectivity index (χ2n) is 3.11. The first-order chi connectivity index (χ1) is 6.25. The summed E-state index contributed by atoms with van der Waals surface area (Å²) in [7, 11) is 0. The molecule has 1 aliphatic rings. The van der Waals surface area contributed by atoms with Crippen molar-refractivity contribution in [2.45, 2.75) is 37.7 Å². The minimum atomic E-state index is 0.245. The van der Waals surface area contributed by atoms with E-state index in [0.29, 0.717) is 0 Å². The van der Waals surface area contributed by atoms with Gasteiger partial charge in [-0.05, 0) is 22.4 Å². The van der Waals surface area contributed by atoms with Crippen molar-refractivity contribution >= 4 is 45.1 Å². The van der Waals surface area contributed by atoms with Gasteiger partial charge in [0.2, 0.25) is 0 Å². The number of hydrazone groups is 1. The quantitative estimate of drug-likeness (QED) is 0.247. The molecule has 0 fully saturated rings. The zero-order chi connectivity index (χ0) is 9.68. The van der Waals surface area contributed by atoms with Crippen LogP contribution < -0.4 is 0 Å². The number of hydrogen-bond donors (Lipinski definition) is 0. The molecule has 0 aliphatic carbocycles. The van der Waals surface area contributed by atoms with E-state index in [1.54, 1.807) is 0 Å². The molecule has 0 saturated carbocycles. The number of hydrogen-bond acceptors (Lipinski definition) is 3. The summed E-state index contributed by atoms with van der Waals surface area (Å²) in [5.41, 5.74) is 0. The van der Waals surface area contributed by atoms with Crippen LogP contribution in [0.4, 0.5) is 0 Å². The van der Waals surface area contributed by atoms with Crippen LogP contribution in [0.3, 0.4) is 0 Å². The van der Waals surface area contributed by atoms with Crippen molar-refractivity contribution in [3.05, 3.63) is 0 Å². The Morgan fingerprint density at radius 1 is 1.46 bits per heavy atom. The third kappa shape index (κ3) is 3.61. The third-order valence-electron chi connectivity index (χ3n) is 2.00. The van der Waals surface area contributed by atoms with Crippen molar-refractivity contribution in [1.29, 1.82) is 0 Å². The molecular formula is C8H15BrIN3. The minimum absolute atomic E-state index is 0.245. The lowest BCUT2D eigenvalue weighted by Gasteiger charge is -2.21. The summed E-state index contributed by atoms with van der Waals surface area (Å²) >= 11 is 5.80. The van der Waals surface area contributed by atoms with Gasteiger partial charge in [0.1, 0.15) is 6.34 Å². The first kappa shape index (κ1) is 11.6. The lowest BCUT2D eigenvalue weighted by molar-refractivity contribution is 0.258. The van der Waals surface area contributed by atoms with E-state index in [9.17, 15) is 0 Å². The minimum Gasteiger partial charge on any atom is -0.270 e. The Morgan fingerprint density at radius 3 is 2.77 bits per heavy atom. The van der Waals surface area contributed by atoms with Crippen molar-refractivity contribution in [3.63, 3.8) is 0 Å². The Balaban J connectivity index is 2.12. The zero-order valence-corrected chi connectivity index (χ0v) is 11.5. The Labute approximate surface area is 102 Å². The molecule has 0 radical (unpaired) electrons. The van der Waals surface area contributed by atoms with Gasteiger partial charge in [0.25, 0.3) is 0 Å². The Morgan fingerprint density at radius 2 is 2.23 bits per heavy atom. The molecule has 3 nitrogen and oxygen atoms in total. The van der Waals surface area contributed by atoms with Crippen molar-refractivity contribution in [1.82, 2.24) is 8.12 Å². The number of halogens is 2. The monoisotopic (exact) mass is 359 g/mol. The first-order valence-corrected chi connectivity index (χ1v) is 6.52. The largest absolute Gasteiger partial charge is 0.270 e. The molecule has 0 aromatic heterocycles. The van der Waals surface area contributed by atoms with Crippen LogP contribution in [0, 0.1) is 0 Å². The van der Waals surface area contributed by atoms with Crippen LogP contribution in [0.15, 0.2) is 5.10 Å². The van der Waals surface area contributed by atoms with E-state index in [0.717, 1.165) is 6.54 Å². The molecule has 0 bridgehead atoms. The van der Waals surface area contributed by atoms with Gasteiger partial charge < -0.3 is 0 Å². The maximum atomic E-state index is 4.28. The van der Waals surface area contributed by atoms with Crippen molar-refractivity contribution in [2.24, 2.45) is 5.10 Å². The molecule has 0 aromatic rings. The summed E-state index contributed by atoms with van der Waals surface area (Å²) in [6.07, 6.45) is 7.01. The summed E-state index contributed by atoms with van der Waals surface area (Å²) in [5.74, 6) is 0. The Bertz CT molecular complexity index is 177. The van der Waals surface area contributed by atoms with Gasteiger partial charge in [-0.15, -0.1) is 0 Å². The number of nitrogens with zero attached hydrogens (tertiary/aromatic N) is 3. The second-order valence-corrected chi connectivity index (χ2v) is 5.04. The normalized spacial score (nSPS) is 21.6. The van der Waals surface area contributed by atoms with Crippen LogP contribution in [0.5, 0.6) is 0 Å². The van der Waals surface area contributed by atoms with Crippen LogP contribution in [0.1, 0.15) is 32.6 Å². The highest BCUT2D eigenvalue weighted by Gasteiger charge is 2.22. The van der Waals surface area contributed by atoms with Crippen LogP contribution in [0.2, 0.25) is 0 Å². The summed E-state index contributed by atoms with van der Waals surface area (Å²) in [6, 6.07) is 0. The van der Waals surface area contributed by atoms with Gasteiger partial charge in [0.15, 0.2) is 5.08 Å². The van der Waals surface area contributed by atoms with E-state index in [1.165, 1.54) is 25.7 Å². The van der Waals surface area contributed by atoms with E-state index in [-0.39, 0.29) is 5.08 Å². The van der Waals surface area contributed by atoms with E-state index >= 15 is 0 Å². The van der Waals surface area contributed by atoms with Crippen molar-refractivity contribution < 1.29 is 0 Å². The van der Waals surface area contributed by atoms with Crippen LogP contribution in [-0.4, -0.2) is 26.1 Å². The molecule has 1 heterocycles. The molecule has 1 rings (SSSR count). The molecule has 0 aromatic carbocycles. The summed E-state index contributed by atoms with van der Waals surface area (Å²) in [5, 5.41) is 6.59. The number of alkyl halides is 1. The van der Waals surface area contributed by atoms with Gasteiger partial charge in [-0.25, -0.2) is 0 Å². The molecule has 0 saturated heterocycles. The number of unbranched alkanes of at least 4 members (excludes halogenated alkanes) is 3. The lowest BCUT2D eigenvalue weighted by Crippen LogP contribution is -2.29. The summed E-state index contributed by atoms with van der Waals surface area (Å²) in [6.45, 7) is 3.28. The first-order valence-electron chi connectivity index (χ1n) is 4.64. The molecule has 0 spiro atoms. The van der Waals surface area contributed by atoms with E-state index in [2.05, 4.69) is 55.8 Å². The predicted molar refractivity (Wildman–Crippen MR) is 67.9 cm³/mol. The smallest absolute Gasteiger partial charge is 0.184 e. The maximum Gasteiger partial charge on any atom is 0.184 e. The SMILES string of the molecule is CCCCCCN1N=CN(I)C1Br. The van der Waals surface area contributed by atoms with Crippen LogP contribution >= 0.6 is 38.8 Å². The molecule has 1 atom stereocenters. The fraction of sp³-hybridized carbons (Fsp3) is 0.875. The topological polar surface area (TPSA) is 18.8 Å². The molecule has 76 valence electrons. The zero-order valence-electron chi connectivity index (χ0n) is 7.79. The van der Waals surface area contributed by atoms with Gasteiger partial charge in [-0.2, -0.15) is 5.10 Å². The molecule has 1 aliphatic heterocycles. The van der Waals surface area contributed by atoms with E-state index < -0.39 is 0 Å². The number of rotatable bonds is 5. The highest BCUT2D eigenvalue weighted by Crippen LogP contribution is 2.21. The van der Waals surface area contributed by atoms with E-state index in [1.807, 2.05) is 9.45 Å². The highest BCUT2D eigenvalue weighted by molar-refractivity contribution is 14.1. The van der Waals surface area contributed by atoms with E-state index in [4.69, 9.17) is 0 Å². The molecule has 0 N–H and O–H groups in total. The van der Waals surface area contributed by atoms with Gasteiger partial charge >= 0.3 is 0 Å². The fourth-order valence-electron chi connectivity index (χ4n) is 1.22. The average Bonchev–Trinajstić information content (AvgIpc) is 2.43. The maximum absolute atomic E-state index is 4.28. The van der Waals surface area contributed by atoms with Crippen LogP contribution in [-0.2, 0) is 0 Å². The summed E-state index contributed by atoms with van der Waals surface area (Å²) < 4.78 is 2.03. The lowest BCUT2D eigenvalue weighted by atomic mass is 10.2. The fourth-order valence-corrected chi connectivity index (χ4v) is 2.03. The van der Waals surface area contributed by atoms with Crippen LogP contribution in [0.25, 0.3) is 0 Å². The Kier molecular flexibility index (Phi) is 5.38. The van der Waals surface area contributed by atoms with Crippen molar-refractivity contribution in [2.75, 3.05) is 6.54 Å². The summed E-state index contributed by atoms with van der Waals surface area (Å²) in [4.78, 5) is 0. The molecule has 13 heavy (non-hydrogen) atoms. The molecular weight excluding hydrogens is 345 g/mol. The molecule has 5 heteroatoms. The van der Waals surface area contributed by atoms with Gasteiger partial charge in [-0.1, -0.05) is 26.2 Å². The molecule has 1 unspecified atom stereocenters. The third-order valence-corrected chi connectivity index (χ3v) is 4.46. The van der Waals surface area contributed by atoms with Gasteiger partial charge in [-0.3, -0.25) is 8.12 Å². The van der Waals surface area contributed by atoms with Gasteiger partial charge in [0.05, 0.1) is 22.9 Å². The Hall–Kier alpha value is 0.480. The van der Waals surface area contributed by atoms with Gasteiger partial charge in [0, 0.05) is 6.54 Å². The second kappa shape index (κ2) is 6.06. The predicted octanol–water partition coefficient (Wildman–Crippen LogP) is 3.16. The standard InChI is InChI=1S/C8H15BrIN3/c1-2-3-4-5-6-13-8(9)12(10)7-11-13/h7-8H,2-6H2,1H3. The average molecular weight is 360 g/mol. The highest BCUT2D eigenvalue weighted by atomic mass is 127. The van der Waals surface area contributed by atoms with Crippen molar-refractivity contribution in [3.8, 4) is 0 Å².